The molecule has 4 nitrogen and oxygen atoms in total. The van der Waals surface area contributed by atoms with E-state index in [1.807, 2.05) is 0 Å². The second kappa shape index (κ2) is 5.09. The van der Waals surface area contributed by atoms with Crippen LogP contribution in [0.4, 0.5) is 8.78 Å². The van der Waals surface area contributed by atoms with Gasteiger partial charge in [0.25, 0.3) is 5.91 Å². The SMILES string of the molecule is O=C(O)c1cc(F)c(F)cc1C(=O)NC(C1CC1)C1CC1. The maximum absolute atomic E-state index is 13.3. The van der Waals surface area contributed by atoms with Crippen LogP contribution in [0.2, 0.25) is 0 Å². The van der Waals surface area contributed by atoms with Gasteiger partial charge in [-0.05, 0) is 49.7 Å². The molecule has 0 saturated heterocycles. The normalized spacial score (nSPS) is 17.9. The molecule has 2 N–H and O–H groups in total. The van der Waals surface area contributed by atoms with Crippen molar-refractivity contribution in [1.29, 1.82) is 0 Å². The highest BCUT2D eigenvalue weighted by molar-refractivity contribution is 6.04. The first-order valence-corrected chi connectivity index (χ1v) is 7.00. The number of benzene rings is 1. The van der Waals surface area contributed by atoms with Crippen LogP contribution in [0.1, 0.15) is 46.4 Å². The number of nitrogens with one attached hydrogen (secondary N) is 1. The predicted molar refractivity (Wildman–Crippen MR) is 70.0 cm³/mol. The molecule has 2 aliphatic rings. The second-order valence-corrected chi connectivity index (χ2v) is 5.79. The van der Waals surface area contributed by atoms with Gasteiger partial charge in [-0.15, -0.1) is 0 Å². The van der Waals surface area contributed by atoms with Gasteiger partial charge in [0.2, 0.25) is 0 Å². The first-order valence-electron chi connectivity index (χ1n) is 7.00. The van der Waals surface area contributed by atoms with Gasteiger partial charge in [0.1, 0.15) is 0 Å². The minimum atomic E-state index is -1.45. The summed E-state index contributed by atoms with van der Waals surface area (Å²) in [5.41, 5.74) is -0.843. The van der Waals surface area contributed by atoms with Crippen LogP contribution in [-0.4, -0.2) is 23.0 Å². The van der Waals surface area contributed by atoms with Crippen molar-refractivity contribution in [2.75, 3.05) is 0 Å². The molecule has 1 amide bonds. The van der Waals surface area contributed by atoms with Gasteiger partial charge in [-0.25, -0.2) is 13.6 Å². The molecule has 0 aromatic heterocycles. The van der Waals surface area contributed by atoms with Gasteiger partial charge in [-0.2, -0.15) is 0 Å². The Morgan fingerprint density at radius 3 is 1.95 bits per heavy atom. The van der Waals surface area contributed by atoms with E-state index in [0.717, 1.165) is 25.7 Å². The molecule has 21 heavy (non-hydrogen) atoms. The molecular weight excluding hydrogens is 280 g/mol. The summed E-state index contributed by atoms with van der Waals surface area (Å²) in [6, 6.07) is 1.23. The lowest BCUT2D eigenvalue weighted by molar-refractivity contribution is 0.0689. The number of rotatable bonds is 5. The summed E-state index contributed by atoms with van der Waals surface area (Å²) in [7, 11) is 0. The summed E-state index contributed by atoms with van der Waals surface area (Å²) in [5.74, 6) is -3.73. The molecule has 0 unspecified atom stereocenters. The highest BCUT2D eigenvalue weighted by Gasteiger charge is 2.42. The molecule has 112 valence electrons. The van der Waals surface area contributed by atoms with E-state index in [-0.39, 0.29) is 11.6 Å². The van der Waals surface area contributed by atoms with Crippen molar-refractivity contribution in [3.05, 3.63) is 34.9 Å². The molecule has 2 fully saturated rings. The molecule has 0 heterocycles. The molecule has 0 aliphatic heterocycles. The van der Waals surface area contributed by atoms with Gasteiger partial charge in [0.05, 0.1) is 11.1 Å². The predicted octanol–water partition coefficient (Wildman–Crippen LogP) is 2.58. The molecule has 3 rings (SSSR count). The van der Waals surface area contributed by atoms with Gasteiger partial charge in [0.15, 0.2) is 11.6 Å². The van der Waals surface area contributed by atoms with E-state index in [1.165, 1.54) is 0 Å². The van der Waals surface area contributed by atoms with Crippen molar-refractivity contribution in [3.8, 4) is 0 Å². The molecule has 0 bridgehead atoms. The number of aromatic carboxylic acids is 1. The molecule has 1 aromatic rings. The van der Waals surface area contributed by atoms with Gasteiger partial charge in [-0.3, -0.25) is 4.79 Å². The topological polar surface area (TPSA) is 66.4 Å². The van der Waals surface area contributed by atoms with Crippen molar-refractivity contribution in [1.82, 2.24) is 5.32 Å². The number of carboxylic acids is 1. The summed E-state index contributed by atoms with van der Waals surface area (Å²) >= 11 is 0. The van der Waals surface area contributed by atoms with Crippen molar-refractivity contribution < 1.29 is 23.5 Å². The number of hydrogen-bond donors (Lipinski definition) is 2. The third-order valence-corrected chi connectivity index (χ3v) is 4.09. The zero-order chi connectivity index (χ0) is 15.1. The summed E-state index contributed by atoms with van der Waals surface area (Å²) in [6.45, 7) is 0. The highest BCUT2D eigenvalue weighted by Crippen LogP contribution is 2.44. The van der Waals surface area contributed by atoms with Gasteiger partial charge >= 0.3 is 5.97 Å². The van der Waals surface area contributed by atoms with E-state index in [4.69, 9.17) is 5.11 Å². The largest absolute Gasteiger partial charge is 0.478 e. The van der Waals surface area contributed by atoms with Gasteiger partial charge < -0.3 is 10.4 Å². The smallest absolute Gasteiger partial charge is 0.336 e. The number of halogens is 2. The zero-order valence-electron chi connectivity index (χ0n) is 11.2. The van der Waals surface area contributed by atoms with Crippen molar-refractivity contribution >= 4 is 11.9 Å². The van der Waals surface area contributed by atoms with Crippen LogP contribution in [-0.2, 0) is 0 Å². The molecule has 0 spiro atoms. The van der Waals surface area contributed by atoms with Crippen LogP contribution in [0, 0.1) is 23.5 Å². The van der Waals surface area contributed by atoms with Crippen LogP contribution in [0.3, 0.4) is 0 Å². The molecular formula is C15H15F2NO3. The third-order valence-electron chi connectivity index (χ3n) is 4.09. The Morgan fingerprint density at radius 1 is 1.05 bits per heavy atom. The summed E-state index contributed by atoms with van der Waals surface area (Å²) in [4.78, 5) is 23.3. The van der Waals surface area contributed by atoms with E-state index < -0.39 is 29.1 Å². The fraction of sp³-hybridized carbons (Fsp3) is 0.467. The highest BCUT2D eigenvalue weighted by atomic mass is 19.2. The molecule has 6 heteroatoms. The maximum Gasteiger partial charge on any atom is 0.336 e. The third kappa shape index (κ3) is 2.89. The van der Waals surface area contributed by atoms with Crippen LogP contribution < -0.4 is 5.32 Å². The van der Waals surface area contributed by atoms with Crippen LogP contribution in [0.25, 0.3) is 0 Å². The Bertz CT molecular complexity index is 597. The fourth-order valence-electron chi connectivity index (χ4n) is 2.67. The second-order valence-electron chi connectivity index (χ2n) is 5.79. The first kappa shape index (κ1) is 14.0. The van der Waals surface area contributed by atoms with E-state index >= 15 is 0 Å². The van der Waals surface area contributed by atoms with E-state index in [0.29, 0.717) is 24.0 Å². The summed E-state index contributed by atoms with van der Waals surface area (Å²) < 4.78 is 26.5. The average molecular weight is 295 g/mol. The monoisotopic (exact) mass is 295 g/mol. The summed E-state index contributed by atoms with van der Waals surface area (Å²) in [6.07, 6.45) is 4.19. The maximum atomic E-state index is 13.3. The number of carbonyl (C=O) groups excluding carboxylic acids is 1. The van der Waals surface area contributed by atoms with Crippen LogP contribution in [0.15, 0.2) is 12.1 Å². The molecule has 2 saturated carbocycles. The first-order chi connectivity index (χ1) is 9.97. The lowest BCUT2D eigenvalue weighted by atomic mass is 10.0. The standard InChI is InChI=1S/C15H15F2NO3/c16-11-5-9(10(15(20)21)6-12(11)17)14(19)18-13(7-1-2-7)8-3-4-8/h5-8,13H,1-4H2,(H,18,19)(H,20,21). The van der Waals surface area contributed by atoms with Crippen LogP contribution >= 0.6 is 0 Å². The number of hydrogen-bond acceptors (Lipinski definition) is 2. The quantitative estimate of drug-likeness (QED) is 0.877. The van der Waals surface area contributed by atoms with Crippen molar-refractivity contribution in [3.63, 3.8) is 0 Å². The molecule has 0 radical (unpaired) electrons. The average Bonchev–Trinajstić information content (AvgIpc) is 3.29. The molecule has 1 aromatic carbocycles. The van der Waals surface area contributed by atoms with Gasteiger partial charge in [0, 0.05) is 6.04 Å². The minimum absolute atomic E-state index is 0.0206. The van der Waals surface area contributed by atoms with Crippen molar-refractivity contribution in [2.45, 2.75) is 31.7 Å². The lowest BCUT2D eigenvalue weighted by Gasteiger charge is -2.18. The zero-order valence-corrected chi connectivity index (χ0v) is 11.2. The van der Waals surface area contributed by atoms with Gasteiger partial charge in [-0.1, -0.05) is 0 Å². The number of carboxylic acid groups (broad SMARTS) is 1. The Balaban J connectivity index is 1.86. The van der Waals surface area contributed by atoms with Crippen LogP contribution in [0.5, 0.6) is 0 Å². The van der Waals surface area contributed by atoms with E-state index in [2.05, 4.69) is 5.32 Å². The number of amides is 1. The Kier molecular flexibility index (Phi) is 3.39. The molecule has 0 atom stereocenters. The summed E-state index contributed by atoms with van der Waals surface area (Å²) in [5, 5.41) is 11.8. The Labute approximate surface area is 120 Å². The van der Waals surface area contributed by atoms with E-state index in [9.17, 15) is 18.4 Å². The molecule has 2 aliphatic carbocycles. The Morgan fingerprint density at radius 2 is 1.52 bits per heavy atom. The Hall–Kier alpha value is -1.98. The fourth-order valence-corrected chi connectivity index (χ4v) is 2.67. The van der Waals surface area contributed by atoms with Crippen molar-refractivity contribution in [2.24, 2.45) is 11.8 Å². The van der Waals surface area contributed by atoms with E-state index in [1.54, 1.807) is 0 Å². The number of carbonyl (C=O) groups is 2. The lowest BCUT2D eigenvalue weighted by Crippen LogP contribution is -2.38. The minimum Gasteiger partial charge on any atom is -0.478 e.